The first kappa shape index (κ1) is 27.1. The third-order valence-electron chi connectivity index (χ3n) is 7.87. The zero-order chi connectivity index (χ0) is 25.9. The molecule has 6 unspecified atom stereocenters. The van der Waals surface area contributed by atoms with Gasteiger partial charge < -0.3 is 28.6 Å². The van der Waals surface area contributed by atoms with Gasteiger partial charge in [0.2, 0.25) is 0 Å². The molecule has 0 aromatic heterocycles. The number of allylic oxidation sites excluding steroid dienone is 1. The van der Waals surface area contributed by atoms with Gasteiger partial charge in [0, 0.05) is 20.1 Å². The SMILES string of the molecule is COC1C(OC(=O)CCc2ccc(OCCN(C)C)cc2)CCC2(CO2)C1C1(C)OC1CC=C(C)C. The van der Waals surface area contributed by atoms with Crippen LogP contribution in [0.4, 0.5) is 0 Å². The number of carbonyl (C=O) groups excluding carboxylic acids is 1. The van der Waals surface area contributed by atoms with E-state index in [1.165, 1.54) is 5.57 Å². The fourth-order valence-corrected chi connectivity index (χ4v) is 5.64. The number of methoxy groups -OCH3 is 1. The quantitative estimate of drug-likeness (QED) is 0.242. The molecule has 1 aliphatic carbocycles. The molecule has 0 bridgehead atoms. The summed E-state index contributed by atoms with van der Waals surface area (Å²) in [5.74, 6) is 0.689. The first-order valence-electron chi connectivity index (χ1n) is 13.2. The van der Waals surface area contributed by atoms with Gasteiger partial charge in [-0.25, -0.2) is 0 Å². The molecule has 3 fully saturated rings. The van der Waals surface area contributed by atoms with E-state index in [-0.39, 0.29) is 41.4 Å². The highest BCUT2D eigenvalue weighted by Gasteiger charge is 2.72. The lowest BCUT2D eigenvalue weighted by Gasteiger charge is -2.42. The van der Waals surface area contributed by atoms with Crippen LogP contribution in [0, 0.1) is 5.92 Å². The Labute approximate surface area is 216 Å². The number of hydrogen-bond acceptors (Lipinski definition) is 7. The number of esters is 1. The van der Waals surface area contributed by atoms with Crippen molar-refractivity contribution in [1.82, 2.24) is 4.90 Å². The highest BCUT2D eigenvalue weighted by Crippen LogP contribution is 2.59. The van der Waals surface area contributed by atoms with Crippen molar-refractivity contribution in [3.8, 4) is 5.75 Å². The van der Waals surface area contributed by atoms with Crippen LogP contribution in [0.15, 0.2) is 35.9 Å². The van der Waals surface area contributed by atoms with Crippen molar-refractivity contribution >= 4 is 5.97 Å². The largest absolute Gasteiger partial charge is 0.492 e. The normalized spacial score (nSPS) is 32.9. The Hall–Kier alpha value is -1.93. The summed E-state index contributed by atoms with van der Waals surface area (Å²) >= 11 is 0. The van der Waals surface area contributed by atoms with E-state index in [1.807, 2.05) is 38.4 Å². The summed E-state index contributed by atoms with van der Waals surface area (Å²) < 4.78 is 30.0. The maximum Gasteiger partial charge on any atom is 0.306 e. The molecule has 4 rings (SSSR count). The Morgan fingerprint density at radius 2 is 1.94 bits per heavy atom. The molecule has 2 aliphatic heterocycles. The van der Waals surface area contributed by atoms with E-state index in [4.69, 9.17) is 23.7 Å². The van der Waals surface area contributed by atoms with Gasteiger partial charge in [0.1, 0.15) is 35.8 Å². The maximum atomic E-state index is 12.8. The van der Waals surface area contributed by atoms with Crippen molar-refractivity contribution in [2.45, 2.75) is 82.4 Å². The molecule has 0 radical (unpaired) electrons. The van der Waals surface area contributed by atoms with Crippen LogP contribution in [0.2, 0.25) is 0 Å². The maximum absolute atomic E-state index is 12.8. The van der Waals surface area contributed by atoms with E-state index in [0.29, 0.717) is 19.4 Å². The minimum absolute atomic E-state index is 0.0390. The second-order valence-corrected chi connectivity index (χ2v) is 11.2. The van der Waals surface area contributed by atoms with Crippen molar-refractivity contribution in [3.05, 3.63) is 41.5 Å². The van der Waals surface area contributed by atoms with Crippen LogP contribution in [0.5, 0.6) is 5.75 Å². The summed E-state index contributed by atoms with van der Waals surface area (Å²) in [6, 6.07) is 7.94. The second-order valence-electron chi connectivity index (χ2n) is 11.2. The summed E-state index contributed by atoms with van der Waals surface area (Å²) in [6.45, 7) is 8.61. The molecular weight excluding hydrogens is 458 g/mol. The number of rotatable bonds is 12. The standard InChI is InChI=1S/C29H43NO6/c1-20(2)7-13-24-28(3,36-24)27-26(32-6)23(15-16-29(27)19-34-29)35-25(31)14-10-21-8-11-22(12-9-21)33-18-17-30(4)5/h7-9,11-12,23-24,26-27H,10,13-19H2,1-6H3. The summed E-state index contributed by atoms with van der Waals surface area (Å²) in [5.41, 5.74) is 1.83. The van der Waals surface area contributed by atoms with Crippen LogP contribution < -0.4 is 4.74 Å². The van der Waals surface area contributed by atoms with Crippen LogP contribution in [0.3, 0.4) is 0 Å². The summed E-state index contributed by atoms with van der Waals surface area (Å²) in [7, 11) is 5.75. The van der Waals surface area contributed by atoms with Crippen LogP contribution in [-0.4, -0.2) is 81.3 Å². The van der Waals surface area contributed by atoms with Crippen molar-refractivity contribution < 1.29 is 28.5 Å². The topological polar surface area (TPSA) is 73.1 Å². The number of epoxide rings is 2. The minimum Gasteiger partial charge on any atom is -0.492 e. The van der Waals surface area contributed by atoms with E-state index in [2.05, 4.69) is 31.7 Å². The van der Waals surface area contributed by atoms with Crippen molar-refractivity contribution in [3.63, 3.8) is 0 Å². The Morgan fingerprint density at radius 1 is 1.22 bits per heavy atom. The molecule has 36 heavy (non-hydrogen) atoms. The lowest BCUT2D eigenvalue weighted by molar-refractivity contribution is -0.171. The van der Waals surface area contributed by atoms with E-state index in [9.17, 15) is 4.79 Å². The Morgan fingerprint density at radius 3 is 2.56 bits per heavy atom. The number of hydrogen-bond donors (Lipinski definition) is 0. The third kappa shape index (κ3) is 6.31. The first-order chi connectivity index (χ1) is 17.2. The number of likely N-dealkylation sites (N-methyl/N-ethyl adjacent to an activating group) is 1. The lowest BCUT2D eigenvalue weighted by Crippen LogP contribution is -2.55. The van der Waals surface area contributed by atoms with Gasteiger partial charge in [-0.1, -0.05) is 23.8 Å². The molecule has 200 valence electrons. The fourth-order valence-electron chi connectivity index (χ4n) is 5.64. The van der Waals surface area contributed by atoms with E-state index >= 15 is 0 Å². The number of ether oxygens (including phenoxy) is 5. The molecule has 0 amide bonds. The van der Waals surface area contributed by atoms with Crippen molar-refractivity contribution in [1.29, 1.82) is 0 Å². The van der Waals surface area contributed by atoms with E-state index in [0.717, 1.165) is 43.7 Å². The molecule has 1 saturated carbocycles. The van der Waals surface area contributed by atoms with Gasteiger partial charge in [-0.3, -0.25) is 4.79 Å². The molecule has 6 atom stereocenters. The lowest BCUT2D eigenvalue weighted by atomic mass is 9.68. The van der Waals surface area contributed by atoms with Gasteiger partial charge in [0.05, 0.1) is 18.6 Å². The van der Waals surface area contributed by atoms with Crippen LogP contribution in [-0.2, 0) is 30.2 Å². The molecule has 1 aromatic rings. The molecule has 7 nitrogen and oxygen atoms in total. The summed E-state index contributed by atoms with van der Waals surface area (Å²) in [6.07, 6.45) is 5.27. The molecule has 3 aliphatic rings. The fraction of sp³-hybridized carbons (Fsp3) is 0.690. The van der Waals surface area contributed by atoms with Crippen molar-refractivity contribution in [2.75, 3.05) is 41.0 Å². The van der Waals surface area contributed by atoms with Gasteiger partial charge in [0.15, 0.2) is 0 Å². The third-order valence-corrected chi connectivity index (χ3v) is 7.87. The van der Waals surface area contributed by atoms with Gasteiger partial charge in [-0.15, -0.1) is 0 Å². The van der Waals surface area contributed by atoms with Gasteiger partial charge >= 0.3 is 5.97 Å². The van der Waals surface area contributed by atoms with Crippen LogP contribution >= 0.6 is 0 Å². The van der Waals surface area contributed by atoms with Gasteiger partial charge in [0.25, 0.3) is 0 Å². The monoisotopic (exact) mass is 501 g/mol. The van der Waals surface area contributed by atoms with Crippen LogP contribution in [0.1, 0.15) is 52.0 Å². The zero-order valence-electron chi connectivity index (χ0n) is 22.7. The molecule has 1 spiro atoms. The Kier molecular flexibility index (Phi) is 8.45. The summed E-state index contributed by atoms with van der Waals surface area (Å²) in [4.78, 5) is 14.9. The van der Waals surface area contributed by atoms with Crippen molar-refractivity contribution in [2.24, 2.45) is 5.92 Å². The molecule has 1 aromatic carbocycles. The van der Waals surface area contributed by atoms with Gasteiger partial charge in [-0.05, 0) is 78.2 Å². The molecule has 7 heteroatoms. The molecule has 2 saturated heterocycles. The number of aryl methyl sites for hydroxylation is 1. The van der Waals surface area contributed by atoms with E-state index < -0.39 is 0 Å². The number of nitrogens with zero attached hydrogens (tertiary/aromatic N) is 1. The molecule has 0 N–H and O–H groups in total. The molecular formula is C29H43NO6. The highest BCUT2D eigenvalue weighted by atomic mass is 16.6. The van der Waals surface area contributed by atoms with E-state index in [1.54, 1.807) is 7.11 Å². The Balaban J connectivity index is 1.31. The predicted molar refractivity (Wildman–Crippen MR) is 138 cm³/mol. The number of benzene rings is 1. The highest BCUT2D eigenvalue weighted by molar-refractivity contribution is 5.70. The average Bonchev–Trinajstić information content (AvgIpc) is 3.75. The zero-order valence-corrected chi connectivity index (χ0v) is 22.7. The average molecular weight is 502 g/mol. The molecule has 2 heterocycles. The predicted octanol–water partition coefficient (Wildman–Crippen LogP) is 4.18. The Bertz CT molecular complexity index is 920. The number of carbonyl (C=O) groups is 1. The van der Waals surface area contributed by atoms with Crippen LogP contribution in [0.25, 0.3) is 0 Å². The smallest absolute Gasteiger partial charge is 0.306 e. The summed E-state index contributed by atoms with van der Waals surface area (Å²) in [5, 5.41) is 0. The first-order valence-corrected chi connectivity index (χ1v) is 13.2. The second kappa shape index (κ2) is 11.2. The van der Waals surface area contributed by atoms with Gasteiger partial charge in [-0.2, -0.15) is 0 Å². The minimum atomic E-state index is -0.329.